The van der Waals surface area contributed by atoms with Crippen LogP contribution < -0.4 is 21.3 Å². The lowest BCUT2D eigenvalue weighted by molar-refractivity contribution is 0.311. The van der Waals surface area contributed by atoms with Crippen LogP contribution in [0.3, 0.4) is 0 Å². The number of guanidine groups is 1. The fourth-order valence-electron chi connectivity index (χ4n) is 3.99. The van der Waals surface area contributed by atoms with Gasteiger partial charge in [0.2, 0.25) is 5.96 Å². The van der Waals surface area contributed by atoms with Crippen molar-refractivity contribution >= 4 is 23.0 Å². The molecule has 2 aromatic rings. The van der Waals surface area contributed by atoms with Gasteiger partial charge in [-0.3, -0.25) is 0 Å². The van der Waals surface area contributed by atoms with Crippen LogP contribution in [-0.2, 0) is 5.66 Å². The van der Waals surface area contributed by atoms with Crippen molar-refractivity contribution in [2.75, 3.05) is 48.8 Å². The number of fused-ring (bicyclic) bond motifs is 1. The van der Waals surface area contributed by atoms with Gasteiger partial charge in [-0.2, -0.15) is 0 Å². The smallest absolute Gasteiger partial charge is 0.202 e. The van der Waals surface area contributed by atoms with E-state index in [1.165, 1.54) is 6.07 Å². The van der Waals surface area contributed by atoms with Gasteiger partial charge < -0.3 is 30.6 Å². The van der Waals surface area contributed by atoms with Gasteiger partial charge in [-0.15, -0.1) is 0 Å². The van der Waals surface area contributed by atoms with E-state index in [0.717, 1.165) is 44.7 Å². The molecule has 1 saturated heterocycles. The van der Waals surface area contributed by atoms with E-state index in [1.807, 2.05) is 18.2 Å². The first-order valence-electron chi connectivity index (χ1n) is 9.77. The highest BCUT2D eigenvalue weighted by Crippen LogP contribution is 2.48. The summed E-state index contributed by atoms with van der Waals surface area (Å²) in [4.78, 5) is 9.01. The van der Waals surface area contributed by atoms with E-state index in [4.69, 9.17) is 10.2 Å². The second-order valence-corrected chi connectivity index (χ2v) is 7.93. The molecule has 3 heterocycles. The normalized spacial score (nSPS) is 25.1. The summed E-state index contributed by atoms with van der Waals surface area (Å²) in [7, 11) is 2.09. The topological polar surface area (TPSA) is 82.1 Å². The first kappa shape index (κ1) is 17.5. The molecule has 1 aromatic heterocycles. The fourth-order valence-corrected chi connectivity index (χ4v) is 3.99. The number of furan rings is 1. The van der Waals surface area contributed by atoms with E-state index in [0.29, 0.717) is 23.1 Å². The molecular weight excluding hydrogens is 359 g/mol. The molecule has 0 spiro atoms. The highest BCUT2D eigenvalue weighted by atomic mass is 19.1. The van der Waals surface area contributed by atoms with E-state index in [9.17, 15) is 4.39 Å². The quantitative estimate of drug-likeness (QED) is 0.755. The Bertz CT molecular complexity index is 915. The Morgan fingerprint density at radius 1 is 1.25 bits per heavy atom. The third-order valence-corrected chi connectivity index (χ3v) is 5.83. The van der Waals surface area contributed by atoms with Crippen molar-refractivity contribution in [2.45, 2.75) is 18.5 Å². The van der Waals surface area contributed by atoms with Crippen LogP contribution in [0.2, 0.25) is 0 Å². The van der Waals surface area contributed by atoms with Crippen LogP contribution in [0.25, 0.3) is 0 Å². The molecule has 1 unspecified atom stereocenters. The number of likely N-dealkylation sites (N-methyl/N-ethyl adjacent to an activating group) is 1. The number of nitrogens with two attached hydrogens (primary N) is 1. The van der Waals surface area contributed by atoms with E-state index in [2.05, 4.69) is 32.5 Å². The average molecular weight is 384 g/mol. The summed E-state index contributed by atoms with van der Waals surface area (Å²) in [5.41, 5.74) is 7.79. The predicted octanol–water partition coefficient (Wildman–Crippen LogP) is 2.59. The zero-order valence-corrected chi connectivity index (χ0v) is 15.9. The number of rotatable bonds is 3. The summed E-state index contributed by atoms with van der Waals surface area (Å²) in [6.45, 7) is 3.53. The van der Waals surface area contributed by atoms with Gasteiger partial charge >= 0.3 is 0 Å². The van der Waals surface area contributed by atoms with Crippen LogP contribution in [0.15, 0.2) is 39.9 Å². The molecule has 8 heteroatoms. The van der Waals surface area contributed by atoms with Crippen LogP contribution in [0.4, 0.5) is 21.5 Å². The number of anilines is 3. The van der Waals surface area contributed by atoms with Crippen molar-refractivity contribution in [3.05, 3.63) is 42.1 Å². The van der Waals surface area contributed by atoms with Crippen LogP contribution in [-0.4, -0.2) is 44.1 Å². The first-order chi connectivity index (χ1) is 13.5. The van der Waals surface area contributed by atoms with Crippen molar-refractivity contribution in [1.29, 1.82) is 0 Å². The Kier molecular flexibility index (Phi) is 4.06. The van der Waals surface area contributed by atoms with Gasteiger partial charge in [0.25, 0.3) is 0 Å². The van der Waals surface area contributed by atoms with Crippen molar-refractivity contribution in [1.82, 2.24) is 4.90 Å². The summed E-state index contributed by atoms with van der Waals surface area (Å²) in [5.74, 6) is 1.20. The molecule has 1 saturated carbocycles. The average Bonchev–Trinajstić information content (AvgIpc) is 3.42. The molecule has 3 aliphatic rings. The molecule has 2 aliphatic heterocycles. The van der Waals surface area contributed by atoms with Crippen LogP contribution in [0.5, 0.6) is 0 Å². The molecule has 1 aliphatic carbocycles. The number of aliphatic imine (C=N–C) groups is 1. The number of nitrogens with one attached hydrogen (secondary N) is 2. The first-order valence-corrected chi connectivity index (χ1v) is 9.77. The maximum Gasteiger partial charge on any atom is 0.202 e. The number of nitrogens with zero attached hydrogens (tertiary/aromatic N) is 3. The van der Waals surface area contributed by atoms with Gasteiger partial charge in [-0.25, -0.2) is 9.38 Å². The third kappa shape index (κ3) is 3.02. The Balaban J connectivity index is 1.36. The predicted molar refractivity (Wildman–Crippen MR) is 108 cm³/mol. The molecular formula is C20H25FN6O. The van der Waals surface area contributed by atoms with Crippen LogP contribution in [0, 0.1) is 11.7 Å². The summed E-state index contributed by atoms with van der Waals surface area (Å²) in [5, 5.41) is 6.37. The molecule has 1 atom stereocenters. The maximum atomic E-state index is 14.8. The fraction of sp³-hybridized carbons (Fsp3) is 0.450. The van der Waals surface area contributed by atoms with Crippen molar-refractivity contribution in [2.24, 2.45) is 16.6 Å². The summed E-state index contributed by atoms with van der Waals surface area (Å²) in [6.07, 6.45) is 3.67. The molecule has 0 amide bonds. The molecule has 2 fully saturated rings. The monoisotopic (exact) mass is 384 g/mol. The molecule has 5 rings (SSSR count). The van der Waals surface area contributed by atoms with Crippen LogP contribution in [0.1, 0.15) is 18.6 Å². The lowest BCUT2D eigenvalue weighted by atomic mass is 10.0. The Morgan fingerprint density at radius 3 is 2.75 bits per heavy atom. The molecule has 4 N–H and O–H groups in total. The van der Waals surface area contributed by atoms with Crippen molar-refractivity contribution < 1.29 is 8.81 Å². The maximum absolute atomic E-state index is 14.8. The lowest BCUT2D eigenvalue weighted by Gasteiger charge is -2.34. The molecule has 1 aromatic carbocycles. The minimum Gasteiger partial charge on any atom is -0.463 e. The summed E-state index contributed by atoms with van der Waals surface area (Å²) < 4.78 is 20.4. The molecule has 7 nitrogen and oxygen atoms in total. The third-order valence-electron chi connectivity index (χ3n) is 5.83. The van der Waals surface area contributed by atoms with Gasteiger partial charge in [0, 0.05) is 43.9 Å². The number of benzene rings is 1. The lowest BCUT2D eigenvalue weighted by Crippen LogP contribution is -2.45. The Labute approximate surface area is 163 Å². The standard InChI is InChI=1S/C20H25FN6O/c1-26-7-9-27(10-8-26)17-5-4-14(12-15(17)21)23-19-24-16-6-11-28-18(16)20(22,25-19)13-2-3-13/h4-6,11-13H,2-3,7-10,22H2,1H3,(H2,23,24,25). The minimum absolute atomic E-state index is 0.240. The number of hydrogen-bond donors (Lipinski definition) is 3. The highest BCUT2D eigenvalue weighted by Gasteiger charge is 2.49. The largest absolute Gasteiger partial charge is 0.463 e. The van der Waals surface area contributed by atoms with Crippen molar-refractivity contribution in [3.63, 3.8) is 0 Å². The van der Waals surface area contributed by atoms with Crippen molar-refractivity contribution in [3.8, 4) is 0 Å². The minimum atomic E-state index is -0.870. The van der Waals surface area contributed by atoms with Gasteiger partial charge in [0.1, 0.15) is 5.82 Å². The van der Waals surface area contributed by atoms with Gasteiger partial charge in [-0.1, -0.05) is 0 Å². The summed E-state index contributed by atoms with van der Waals surface area (Å²) in [6, 6.07) is 7.05. The number of piperazine rings is 1. The van der Waals surface area contributed by atoms with E-state index >= 15 is 0 Å². The summed E-state index contributed by atoms with van der Waals surface area (Å²) >= 11 is 0. The van der Waals surface area contributed by atoms with Gasteiger partial charge in [0.15, 0.2) is 11.4 Å². The molecule has 28 heavy (non-hydrogen) atoms. The zero-order chi connectivity index (χ0) is 19.3. The highest BCUT2D eigenvalue weighted by molar-refractivity contribution is 6.05. The van der Waals surface area contributed by atoms with Gasteiger partial charge in [0.05, 0.1) is 17.6 Å². The van der Waals surface area contributed by atoms with E-state index in [-0.39, 0.29) is 11.7 Å². The Hall–Kier alpha value is -2.58. The number of halogens is 1. The van der Waals surface area contributed by atoms with Gasteiger partial charge in [-0.05, 0) is 38.1 Å². The van der Waals surface area contributed by atoms with E-state index < -0.39 is 5.66 Å². The number of hydrogen-bond acceptors (Lipinski definition) is 7. The van der Waals surface area contributed by atoms with Crippen LogP contribution >= 0.6 is 0 Å². The second-order valence-electron chi connectivity index (χ2n) is 7.93. The molecule has 148 valence electrons. The second kappa shape index (κ2) is 6.49. The molecule has 0 bridgehead atoms. The van der Waals surface area contributed by atoms with E-state index in [1.54, 1.807) is 6.26 Å². The molecule has 0 radical (unpaired) electrons. The zero-order valence-electron chi connectivity index (χ0n) is 15.9. The SMILES string of the molecule is CN1CCN(c2ccc(NC3=NC(N)(C4CC4)c4occc4N3)cc2F)CC1. The Morgan fingerprint density at radius 2 is 2.04 bits per heavy atom.